The molecule has 1 aromatic rings. The van der Waals surface area contributed by atoms with Crippen LogP contribution >= 0.6 is 22.6 Å². The average Bonchev–Trinajstić information content (AvgIpc) is 2.41. The van der Waals surface area contributed by atoms with Gasteiger partial charge in [0, 0.05) is 16.6 Å². The van der Waals surface area contributed by atoms with Gasteiger partial charge in [0.15, 0.2) is 5.78 Å². The summed E-state index contributed by atoms with van der Waals surface area (Å²) in [5, 5.41) is 0. The van der Waals surface area contributed by atoms with Crippen LogP contribution in [-0.4, -0.2) is 18.0 Å². The molecule has 0 aromatic heterocycles. The molecule has 1 aliphatic carbocycles. The summed E-state index contributed by atoms with van der Waals surface area (Å²) >= 11 is 2.28. The fourth-order valence-electron chi connectivity index (χ4n) is 3.19. The Morgan fingerprint density at radius 1 is 1.40 bits per heavy atom. The Hall–Kier alpha value is -0.420. The number of carbonyl (C=O) groups is 1. The minimum Gasteiger partial charge on any atom is -0.367 e. The van der Waals surface area contributed by atoms with E-state index < -0.39 is 5.60 Å². The lowest BCUT2D eigenvalue weighted by molar-refractivity contribution is -0.150. The summed E-state index contributed by atoms with van der Waals surface area (Å²) in [6, 6.07) is 8.21. The maximum Gasteiger partial charge on any atom is 0.168 e. The van der Waals surface area contributed by atoms with Gasteiger partial charge in [-0.05, 0) is 72.4 Å². The highest BCUT2D eigenvalue weighted by molar-refractivity contribution is 14.1. The highest BCUT2D eigenvalue weighted by atomic mass is 127. The third kappa shape index (κ3) is 3.82. The van der Waals surface area contributed by atoms with Crippen LogP contribution in [0.15, 0.2) is 24.3 Å². The van der Waals surface area contributed by atoms with Crippen molar-refractivity contribution in [2.45, 2.75) is 51.6 Å². The molecule has 110 valence electrons. The van der Waals surface area contributed by atoms with Gasteiger partial charge in [0.2, 0.25) is 0 Å². The normalized spacial score (nSPS) is 26.4. The molecule has 2 unspecified atom stereocenters. The number of ketones is 1. The molecule has 0 amide bonds. The summed E-state index contributed by atoms with van der Waals surface area (Å²) in [6.07, 6.45) is 4.56. The Morgan fingerprint density at radius 2 is 2.10 bits per heavy atom. The third-order valence-electron chi connectivity index (χ3n) is 4.16. The van der Waals surface area contributed by atoms with Gasteiger partial charge in [0.05, 0.1) is 0 Å². The fourth-order valence-corrected chi connectivity index (χ4v) is 3.55. The van der Waals surface area contributed by atoms with Crippen LogP contribution < -0.4 is 0 Å². The van der Waals surface area contributed by atoms with Gasteiger partial charge in [0.1, 0.15) is 5.60 Å². The third-order valence-corrected chi connectivity index (χ3v) is 4.88. The molecule has 0 bridgehead atoms. The molecule has 1 saturated carbocycles. The van der Waals surface area contributed by atoms with Crippen LogP contribution in [0.5, 0.6) is 0 Å². The second kappa shape index (κ2) is 7.03. The van der Waals surface area contributed by atoms with Crippen molar-refractivity contribution in [3.63, 3.8) is 0 Å². The smallest absolute Gasteiger partial charge is 0.168 e. The van der Waals surface area contributed by atoms with Crippen molar-refractivity contribution in [1.82, 2.24) is 0 Å². The van der Waals surface area contributed by atoms with E-state index in [1.807, 2.05) is 19.1 Å². The van der Waals surface area contributed by atoms with Gasteiger partial charge in [-0.15, -0.1) is 0 Å². The molecule has 20 heavy (non-hydrogen) atoms. The molecule has 1 fully saturated rings. The maximum absolute atomic E-state index is 12.8. The van der Waals surface area contributed by atoms with E-state index in [0.29, 0.717) is 18.9 Å². The lowest BCUT2D eigenvalue weighted by Crippen LogP contribution is -2.46. The van der Waals surface area contributed by atoms with Crippen LogP contribution in [0.4, 0.5) is 0 Å². The van der Waals surface area contributed by atoms with Gasteiger partial charge >= 0.3 is 0 Å². The highest BCUT2D eigenvalue weighted by Crippen LogP contribution is 2.36. The summed E-state index contributed by atoms with van der Waals surface area (Å²) in [5.74, 6) is 0.836. The Kier molecular flexibility index (Phi) is 5.61. The first kappa shape index (κ1) is 16.0. The van der Waals surface area contributed by atoms with Crippen LogP contribution in [0.25, 0.3) is 0 Å². The number of Topliss-reactive ketones (excluding diaryl/α,β-unsaturated/α-hetero) is 1. The van der Waals surface area contributed by atoms with Gasteiger partial charge in [-0.1, -0.05) is 25.5 Å². The number of benzene rings is 1. The molecule has 0 heterocycles. The molecule has 1 aromatic carbocycles. The number of hydrogen-bond donors (Lipinski definition) is 0. The predicted octanol–water partition coefficient (Wildman–Crippen LogP) is 4.39. The molecule has 2 atom stereocenters. The van der Waals surface area contributed by atoms with E-state index in [1.165, 1.54) is 9.99 Å². The van der Waals surface area contributed by atoms with Gasteiger partial charge in [-0.3, -0.25) is 4.79 Å². The van der Waals surface area contributed by atoms with E-state index >= 15 is 0 Å². The SMILES string of the molecule is CCOC1(C(=O)Cc2ccc(I)cc2)CCCC(C)C1. The first-order valence-electron chi connectivity index (χ1n) is 7.47. The molecule has 1 aliphatic rings. The van der Waals surface area contributed by atoms with Crippen molar-refractivity contribution in [2.24, 2.45) is 5.92 Å². The van der Waals surface area contributed by atoms with Crippen molar-refractivity contribution in [3.05, 3.63) is 33.4 Å². The highest BCUT2D eigenvalue weighted by Gasteiger charge is 2.41. The summed E-state index contributed by atoms with van der Waals surface area (Å²) in [5.41, 5.74) is 0.558. The van der Waals surface area contributed by atoms with Gasteiger partial charge in [-0.25, -0.2) is 0 Å². The molecule has 0 saturated heterocycles. The fraction of sp³-hybridized carbons (Fsp3) is 0.588. The molecule has 0 N–H and O–H groups in total. The second-order valence-corrected chi connectivity index (χ2v) is 7.10. The Morgan fingerprint density at radius 3 is 2.70 bits per heavy atom. The maximum atomic E-state index is 12.8. The number of halogens is 1. The van der Waals surface area contributed by atoms with E-state index in [-0.39, 0.29) is 5.78 Å². The van der Waals surface area contributed by atoms with E-state index in [9.17, 15) is 4.79 Å². The van der Waals surface area contributed by atoms with Crippen LogP contribution in [0.1, 0.15) is 45.1 Å². The van der Waals surface area contributed by atoms with Gasteiger partial charge in [-0.2, -0.15) is 0 Å². The molecule has 0 radical (unpaired) electrons. The Balaban J connectivity index is 2.12. The summed E-state index contributed by atoms with van der Waals surface area (Å²) < 4.78 is 7.15. The zero-order valence-corrected chi connectivity index (χ0v) is 14.5. The minimum absolute atomic E-state index is 0.257. The molecule has 2 nitrogen and oxygen atoms in total. The quantitative estimate of drug-likeness (QED) is 0.702. The number of carbonyl (C=O) groups excluding carboxylic acids is 1. The lowest BCUT2D eigenvalue weighted by atomic mass is 9.75. The summed E-state index contributed by atoms with van der Waals surface area (Å²) in [7, 11) is 0. The first-order valence-corrected chi connectivity index (χ1v) is 8.55. The zero-order valence-electron chi connectivity index (χ0n) is 12.3. The molecule has 0 aliphatic heterocycles. The van der Waals surface area contributed by atoms with E-state index in [4.69, 9.17) is 4.74 Å². The van der Waals surface area contributed by atoms with Crippen molar-refractivity contribution < 1.29 is 9.53 Å². The zero-order chi connectivity index (χ0) is 14.6. The molecule has 2 rings (SSSR count). The predicted molar refractivity (Wildman–Crippen MR) is 89.9 cm³/mol. The van der Waals surface area contributed by atoms with Crippen molar-refractivity contribution in [2.75, 3.05) is 6.61 Å². The Labute approximate surface area is 135 Å². The molecule has 0 spiro atoms. The van der Waals surface area contributed by atoms with Gasteiger partial charge < -0.3 is 4.74 Å². The average molecular weight is 386 g/mol. The Bertz CT molecular complexity index is 451. The largest absolute Gasteiger partial charge is 0.367 e. The molecular formula is C17H23IO2. The summed E-state index contributed by atoms with van der Waals surface area (Å²) in [6.45, 7) is 4.83. The van der Waals surface area contributed by atoms with E-state index in [1.54, 1.807) is 0 Å². The van der Waals surface area contributed by atoms with Crippen molar-refractivity contribution >= 4 is 28.4 Å². The number of hydrogen-bond acceptors (Lipinski definition) is 2. The van der Waals surface area contributed by atoms with Crippen LogP contribution in [0.2, 0.25) is 0 Å². The number of ether oxygens (including phenoxy) is 1. The topological polar surface area (TPSA) is 26.3 Å². The first-order chi connectivity index (χ1) is 9.55. The lowest BCUT2D eigenvalue weighted by Gasteiger charge is -2.38. The van der Waals surface area contributed by atoms with E-state index in [2.05, 4.69) is 41.6 Å². The minimum atomic E-state index is -0.532. The van der Waals surface area contributed by atoms with E-state index in [0.717, 1.165) is 24.8 Å². The number of rotatable bonds is 5. The van der Waals surface area contributed by atoms with Crippen molar-refractivity contribution in [3.8, 4) is 0 Å². The molecule has 3 heteroatoms. The van der Waals surface area contributed by atoms with Crippen molar-refractivity contribution in [1.29, 1.82) is 0 Å². The van der Waals surface area contributed by atoms with Crippen LogP contribution in [0, 0.1) is 9.49 Å². The second-order valence-electron chi connectivity index (χ2n) is 5.86. The standard InChI is InChI=1S/C17H23IO2/c1-3-20-17(10-4-5-13(2)12-17)16(19)11-14-6-8-15(18)9-7-14/h6-9,13H,3-5,10-12H2,1-2H3. The monoisotopic (exact) mass is 386 g/mol. The van der Waals surface area contributed by atoms with Crippen LogP contribution in [-0.2, 0) is 16.0 Å². The molecular weight excluding hydrogens is 363 g/mol. The summed E-state index contributed by atoms with van der Waals surface area (Å²) in [4.78, 5) is 12.8. The van der Waals surface area contributed by atoms with Crippen LogP contribution in [0.3, 0.4) is 0 Å². The van der Waals surface area contributed by atoms with Gasteiger partial charge in [0.25, 0.3) is 0 Å².